The van der Waals surface area contributed by atoms with Gasteiger partial charge in [-0.25, -0.2) is 4.68 Å². The van der Waals surface area contributed by atoms with Crippen LogP contribution < -0.4 is 10.1 Å². The van der Waals surface area contributed by atoms with Crippen LogP contribution in [-0.2, 0) is 6.42 Å². The Morgan fingerprint density at radius 3 is 3.00 bits per heavy atom. The van der Waals surface area contributed by atoms with E-state index in [2.05, 4.69) is 16.6 Å². The van der Waals surface area contributed by atoms with E-state index in [1.807, 2.05) is 35.1 Å². The molecule has 0 radical (unpaired) electrons. The Bertz CT molecular complexity index is 560. The number of rotatable bonds is 7. The highest BCUT2D eigenvalue weighted by Gasteiger charge is 2.19. The molecule has 0 amide bonds. The summed E-state index contributed by atoms with van der Waals surface area (Å²) in [5, 5.41) is 7.97. The van der Waals surface area contributed by atoms with Crippen LogP contribution in [0.1, 0.15) is 24.8 Å². The number of aromatic nitrogens is 2. The van der Waals surface area contributed by atoms with Gasteiger partial charge in [0.1, 0.15) is 11.4 Å². The van der Waals surface area contributed by atoms with Gasteiger partial charge in [-0.05, 0) is 49.9 Å². The summed E-state index contributed by atoms with van der Waals surface area (Å²) in [5.41, 5.74) is 2.26. The van der Waals surface area contributed by atoms with Crippen molar-refractivity contribution in [2.24, 2.45) is 0 Å². The first-order valence-corrected chi connectivity index (χ1v) is 7.27. The van der Waals surface area contributed by atoms with E-state index in [-0.39, 0.29) is 0 Å². The predicted octanol–water partition coefficient (Wildman–Crippen LogP) is 2.57. The Labute approximate surface area is 119 Å². The molecule has 1 heterocycles. The summed E-state index contributed by atoms with van der Waals surface area (Å²) in [5.74, 6) is 0.845. The lowest BCUT2D eigenvalue weighted by Crippen LogP contribution is -2.17. The third-order valence-electron chi connectivity index (χ3n) is 3.62. The highest BCUT2D eigenvalue weighted by atomic mass is 16.5. The van der Waals surface area contributed by atoms with Crippen molar-refractivity contribution in [3.8, 4) is 11.4 Å². The van der Waals surface area contributed by atoms with Gasteiger partial charge in [-0.3, -0.25) is 0 Å². The second kappa shape index (κ2) is 6.09. The molecule has 106 valence electrons. The Morgan fingerprint density at radius 2 is 2.20 bits per heavy atom. The highest BCUT2D eigenvalue weighted by molar-refractivity contribution is 5.46. The molecule has 0 saturated heterocycles. The summed E-state index contributed by atoms with van der Waals surface area (Å²) in [6, 6.07) is 8.74. The average Bonchev–Trinajstić information content (AvgIpc) is 3.20. The number of hydrogen-bond acceptors (Lipinski definition) is 3. The number of nitrogens with one attached hydrogen (secondary N) is 1. The zero-order valence-electron chi connectivity index (χ0n) is 11.9. The second-order valence-electron chi connectivity index (χ2n) is 5.30. The van der Waals surface area contributed by atoms with E-state index in [1.165, 1.54) is 18.4 Å². The first-order valence-electron chi connectivity index (χ1n) is 7.27. The van der Waals surface area contributed by atoms with Gasteiger partial charge in [0.2, 0.25) is 0 Å². The van der Waals surface area contributed by atoms with Gasteiger partial charge in [0.25, 0.3) is 0 Å². The first-order chi connectivity index (χ1) is 9.86. The summed E-state index contributed by atoms with van der Waals surface area (Å²) >= 11 is 0. The van der Waals surface area contributed by atoms with E-state index in [4.69, 9.17) is 4.74 Å². The normalized spacial score (nSPS) is 14.4. The molecule has 1 aliphatic carbocycles. The standard InChI is InChI=1S/C16H21N3O/c1-20-16-7-3-2-6-15(16)19-12-13(11-18-19)5-4-10-17-14-8-9-14/h2-3,6-7,11-12,14,17H,4-5,8-10H2,1H3. The molecule has 1 aliphatic rings. The number of hydrogen-bond donors (Lipinski definition) is 1. The lowest BCUT2D eigenvalue weighted by atomic mass is 10.2. The van der Waals surface area contributed by atoms with Gasteiger partial charge >= 0.3 is 0 Å². The van der Waals surface area contributed by atoms with Crippen LogP contribution in [0, 0.1) is 0 Å². The molecule has 0 unspecified atom stereocenters. The topological polar surface area (TPSA) is 39.1 Å². The van der Waals surface area contributed by atoms with Crippen molar-refractivity contribution in [1.82, 2.24) is 15.1 Å². The van der Waals surface area contributed by atoms with Crippen molar-refractivity contribution >= 4 is 0 Å². The van der Waals surface area contributed by atoms with Gasteiger partial charge in [-0.2, -0.15) is 5.10 Å². The summed E-state index contributed by atoms with van der Waals surface area (Å²) in [6.45, 7) is 1.10. The molecule has 1 saturated carbocycles. The fourth-order valence-electron chi connectivity index (χ4n) is 2.33. The minimum absolute atomic E-state index is 0.798. The van der Waals surface area contributed by atoms with Crippen LogP contribution in [0.25, 0.3) is 5.69 Å². The summed E-state index contributed by atoms with van der Waals surface area (Å²) in [7, 11) is 1.69. The molecule has 0 aliphatic heterocycles. The number of nitrogens with zero attached hydrogens (tertiary/aromatic N) is 2. The summed E-state index contributed by atoms with van der Waals surface area (Å²) in [6.07, 6.45) is 8.97. The molecule has 2 aromatic rings. The quantitative estimate of drug-likeness (QED) is 0.787. The van der Waals surface area contributed by atoms with Crippen molar-refractivity contribution in [3.05, 3.63) is 42.2 Å². The van der Waals surface area contributed by atoms with Crippen LogP contribution in [0.15, 0.2) is 36.7 Å². The van der Waals surface area contributed by atoms with E-state index >= 15 is 0 Å². The van der Waals surface area contributed by atoms with E-state index in [9.17, 15) is 0 Å². The maximum absolute atomic E-state index is 5.37. The predicted molar refractivity (Wildman–Crippen MR) is 79.5 cm³/mol. The average molecular weight is 271 g/mol. The first kappa shape index (κ1) is 13.2. The zero-order chi connectivity index (χ0) is 13.8. The molecular weight excluding hydrogens is 250 g/mol. The SMILES string of the molecule is COc1ccccc1-n1cc(CCCNC2CC2)cn1. The molecule has 1 N–H and O–H groups in total. The molecular formula is C16H21N3O. The molecule has 4 nitrogen and oxygen atoms in total. The van der Waals surface area contributed by atoms with Crippen LogP contribution in [0.5, 0.6) is 5.75 Å². The third-order valence-corrected chi connectivity index (χ3v) is 3.62. The molecule has 0 spiro atoms. The molecule has 1 aromatic heterocycles. The minimum atomic E-state index is 0.798. The van der Waals surface area contributed by atoms with E-state index in [0.717, 1.165) is 36.9 Å². The van der Waals surface area contributed by atoms with E-state index < -0.39 is 0 Å². The van der Waals surface area contributed by atoms with Crippen LogP contribution in [0.4, 0.5) is 0 Å². The highest BCUT2D eigenvalue weighted by Crippen LogP contribution is 2.22. The van der Waals surface area contributed by atoms with E-state index in [1.54, 1.807) is 7.11 Å². The molecule has 1 aromatic carbocycles. The van der Waals surface area contributed by atoms with Crippen molar-refractivity contribution < 1.29 is 4.74 Å². The fourth-order valence-corrected chi connectivity index (χ4v) is 2.33. The Hall–Kier alpha value is -1.81. The van der Waals surface area contributed by atoms with Gasteiger partial charge in [0.15, 0.2) is 0 Å². The van der Waals surface area contributed by atoms with Crippen LogP contribution in [-0.4, -0.2) is 29.5 Å². The van der Waals surface area contributed by atoms with Crippen LogP contribution in [0.2, 0.25) is 0 Å². The minimum Gasteiger partial charge on any atom is -0.494 e. The van der Waals surface area contributed by atoms with E-state index in [0.29, 0.717) is 0 Å². The lowest BCUT2D eigenvalue weighted by molar-refractivity contribution is 0.411. The van der Waals surface area contributed by atoms with Gasteiger partial charge in [0, 0.05) is 12.2 Å². The Kier molecular flexibility index (Phi) is 4.02. The maximum atomic E-state index is 5.37. The summed E-state index contributed by atoms with van der Waals surface area (Å²) in [4.78, 5) is 0. The Balaban J connectivity index is 1.60. The number of para-hydroxylation sites is 2. The lowest BCUT2D eigenvalue weighted by Gasteiger charge is -2.07. The van der Waals surface area contributed by atoms with Gasteiger partial charge in [0.05, 0.1) is 13.3 Å². The van der Waals surface area contributed by atoms with Crippen LogP contribution >= 0.6 is 0 Å². The number of benzene rings is 1. The van der Waals surface area contributed by atoms with Crippen LogP contribution in [0.3, 0.4) is 0 Å². The smallest absolute Gasteiger partial charge is 0.144 e. The third kappa shape index (κ3) is 3.20. The van der Waals surface area contributed by atoms with Gasteiger partial charge < -0.3 is 10.1 Å². The number of aryl methyl sites for hydroxylation is 1. The Morgan fingerprint density at radius 1 is 1.35 bits per heavy atom. The van der Waals surface area contributed by atoms with Crippen molar-refractivity contribution in [2.75, 3.05) is 13.7 Å². The largest absolute Gasteiger partial charge is 0.494 e. The molecule has 1 fully saturated rings. The molecule has 0 bridgehead atoms. The number of methoxy groups -OCH3 is 1. The fraction of sp³-hybridized carbons (Fsp3) is 0.438. The zero-order valence-corrected chi connectivity index (χ0v) is 11.9. The summed E-state index contributed by atoms with van der Waals surface area (Å²) < 4.78 is 7.26. The second-order valence-corrected chi connectivity index (χ2v) is 5.30. The van der Waals surface area contributed by atoms with Crippen molar-refractivity contribution in [1.29, 1.82) is 0 Å². The molecule has 0 atom stereocenters. The van der Waals surface area contributed by atoms with Gasteiger partial charge in [-0.15, -0.1) is 0 Å². The number of ether oxygens (including phenoxy) is 1. The maximum Gasteiger partial charge on any atom is 0.144 e. The monoisotopic (exact) mass is 271 g/mol. The molecule has 20 heavy (non-hydrogen) atoms. The molecule has 4 heteroatoms. The molecule has 3 rings (SSSR count). The van der Waals surface area contributed by atoms with Gasteiger partial charge in [-0.1, -0.05) is 12.1 Å². The van der Waals surface area contributed by atoms with Crippen molar-refractivity contribution in [3.63, 3.8) is 0 Å². The van der Waals surface area contributed by atoms with Crippen molar-refractivity contribution in [2.45, 2.75) is 31.7 Å².